The Bertz CT molecular complexity index is 912. The zero-order valence-corrected chi connectivity index (χ0v) is 18.9. The molecular formula is C25H33N3O4. The van der Waals surface area contributed by atoms with Gasteiger partial charge in [-0.2, -0.15) is 0 Å². The van der Waals surface area contributed by atoms with Crippen LogP contribution >= 0.6 is 0 Å². The summed E-state index contributed by atoms with van der Waals surface area (Å²) in [5.74, 6) is 0.250. The highest BCUT2D eigenvalue weighted by atomic mass is 16.5. The van der Waals surface area contributed by atoms with Crippen LogP contribution in [0.1, 0.15) is 56.9 Å². The zero-order chi connectivity index (χ0) is 22.3. The molecule has 2 aliphatic heterocycles. The summed E-state index contributed by atoms with van der Waals surface area (Å²) >= 11 is 0. The van der Waals surface area contributed by atoms with Crippen LogP contribution in [0.5, 0.6) is 0 Å². The molecule has 3 fully saturated rings. The SMILES string of the molecule is COC(=O)C1(CN2CCC(CNC(=O)N3C(=O)C4(CCCC4)c4ccccc43)CC2)CC1. The molecule has 4 aliphatic rings. The van der Waals surface area contributed by atoms with E-state index in [1.165, 1.54) is 12.0 Å². The van der Waals surface area contributed by atoms with E-state index >= 15 is 0 Å². The highest BCUT2D eigenvalue weighted by Crippen LogP contribution is 2.51. The van der Waals surface area contributed by atoms with Gasteiger partial charge in [-0.3, -0.25) is 9.59 Å². The smallest absolute Gasteiger partial charge is 0.328 e. The second-order valence-electron chi connectivity index (χ2n) is 10.1. The summed E-state index contributed by atoms with van der Waals surface area (Å²) in [5.41, 5.74) is 0.988. The van der Waals surface area contributed by atoms with Gasteiger partial charge < -0.3 is 15.0 Å². The lowest BCUT2D eigenvalue weighted by molar-refractivity contribution is -0.148. The maximum atomic E-state index is 13.4. The molecule has 1 spiro atoms. The number of para-hydroxylation sites is 1. The fraction of sp³-hybridized carbons (Fsp3) is 0.640. The number of amides is 3. The molecule has 1 aromatic rings. The number of rotatable bonds is 5. The molecule has 5 rings (SSSR count). The Morgan fingerprint density at radius 3 is 2.44 bits per heavy atom. The Balaban J connectivity index is 1.16. The number of benzene rings is 1. The number of likely N-dealkylation sites (tertiary alicyclic amines) is 1. The molecule has 0 bridgehead atoms. The average Bonchev–Trinajstić information content (AvgIpc) is 3.34. The monoisotopic (exact) mass is 439 g/mol. The lowest BCUT2D eigenvalue weighted by Crippen LogP contribution is -2.48. The van der Waals surface area contributed by atoms with Crippen LogP contribution < -0.4 is 10.2 Å². The number of nitrogens with one attached hydrogen (secondary N) is 1. The molecule has 0 aromatic heterocycles. The van der Waals surface area contributed by atoms with Crippen molar-refractivity contribution in [3.63, 3.8) is 0 Å². The van der Waals surface area contributed by atoms with Gasteiger partial charge in [0.25, 0.3) is 0 Å². The van der Waals surface area contributed by atoms with Gasteiger partial charge in [-0.05, 0) is 69.2 Å². The molecular weight excluding hydrogens is 406 g/mol. The minimum Gasteiger partial charge on any atom is -0.469 e. The number of hydrogen-bond donors (Lipinski definition) is 1. The number of ether oxygens (including phenoxy) is 1. The highest BCUT2D eigenvalue weighted by molar-refractivity contribution is 6.22. The number of hydrogen-bond acceptors (Lipinski definition) is 5. The lowest BCUT2D eigenvalue weighted by Gasteiger charge is -2.34. The van der Waals surface area contributed by atoms with Crippen LogP contribution in [-0.2, 0) is 19.7 Å². The van der Waals surface area contributed by atoms with E-state index in [2.05, 4.69) is 10.2 Å². The number of fused-ring (bicyclic) bond motifs is 2. The maximum absolute atomic E-state index is 13.4. The Morgan fingerprint density at radius 1 is 1.09 bits per heavy atom. The van der Waals surface area contributed by atoms with E-state index in [1.54, 1.807) is 0 Å². The highest BCUT2D eigenvalue weighted by Gasteiger charge is 2.54. The van der Waals surface area contributed by atoms with Crippen LogP contribution in [0, 0.1) is 11.3 Å². The average molecular weight is 440 g/mol. The summed E-state index contributed by atoms with van der Waals surface area (Å²) < 4.78 is 4.98. The molecule has 2 aliphatic carbocycles. The van der Waals surface area contributed by atoms with Gasteiger partial charge in [0.1, 0.15) is 0 Å². The van der Waals surface area contributed by atoms with Crippen LogP contribution in [-0.4, -0.2) is 56.1 Å². The minimum absolute atomic E-state index is 0.0546. The lowest BCUT2D eigenvalue weighted by atomic mass is 9.80. The van der Waals surface area contributed by atoms with Gasteiger partial charge in [0.2, 0.25) is 5.91 Å². The molecule has 2 heterocycles. The van der Waals surface area contributed by atoms with Gasteiger partial charge in [0.05, 0.1) is 23.6 Å². The normalized spacial score (nSPS) is 23.9. The molecule has 7 nitrogen and oxygen atoms in total. The van der Waals surface area contributed by atoms with Crippen LogP contribution in [0.3, 0.4) is 0 Å². The third kappa shape index (κ3) is 3.51. The molecule has 7 heteroatoms. The van der Waals surface area contributed by atoms with Crippen molar-refractivity contribution in [2.45, 2.75) is 56.8 Å². The quantitative estimate of drug-likeness (QED) is 0.713. The first-order chi connectivity index (χ1) is 15.5. The Kier molecular flexibility index (Phi) is 5.48. The maximum Gasteiger partial charge on any atom is 0.328 e. The Hall–Kier alpha value is -2.41. The summed E-state index contributed by atoms with van der Waals surface area (Å²) in [4.78, 5) is 42.2. The van der Waals surface area contributed by atoms with Gasteiger partial charge in [-0.25, -0.2) is 9.69 Å². The molecule has 1 N–H and O–H groups in total. The van der Waals surface area contributed by atoms with Crippen molar-refractivity contribution in [2.75, 3.05) is 38.2 Å². The fourth-order valence-electron chi connectivity index (χ4n) is 6.06. The number of carbonyl (C=O) groups is 3. The topological polar surface area (TPSA) is 79.0 Å². The van der Waals surface area contributed by atoms with Gasteiger partial charge in [-0.1, -0.05) is 31.0 Å². The van der Waals surface area contributed by atoms with Crippen molar-refractivity contribution in [3.8, 4) is 0 Å². The number of piperidine rings is 1. The number of nitrogens with zero attached hydrogens (tertiary/aromatic N) is 2. The molecule has 0 atom stereocenters. The summed E-state index contributed by atoms with van der Waals surface area (Å²) in [6, 6.07) is 7.48. The summed E-state index contributed by atoms with van der Waals surface area (Å²) in [5, 5.41) is 3.05. The number of esters is 1. The molecule has 1 aromatic carbocycles. The summed E-state index contributed by atoms with van der Waals surface area (Å²) in [6.07, 6.45) is 7.52. The first-order valence-corrected chi connectivity index (χ1v) is 12.0. The van der Waals surface area contributed by atoms with Gasteiger partial charge in [-0.15, -0.1) is 0 Å². The first kappa shape index (κ1) is 21.4. The second-order valence-corrected chi connectivity index (χ2v) is 10.1. The van der Waals surface area contributed by atoms with Crippen molar-refractivity contribution in [2.24, 2.45) is 11.3 Å². The van der Waals surface area contributed by atoms with Crippen LogP contribution in [0.4, 0.5) is 10.5 Å². The number of carbonyl (C=O) groups excluding carboxylic acids is 3. The molecule has 2 saturated carbocycles. The number of imide groups is 1. The molecule has 0 unspecified atom stereocenters. The van der Waals surface area contributed by atoms with E-state index in [1.807, 2.05) is 24.3 Å². The van der Waals surface area contributed by atoms with Crippen LogP contribution in [0.15, 0.2) is 24.3 Å². The predicted octanol–water partition coefficient (Wildman–Crippen LogP) is 3.22. The molecule has 3 amide bonds. The van der Waals surface area contributed by atoms with E-state index in [0.29, 0.717) is 12.5 Å². The third-order valence-corrected chi connectivity index (χ3v) is 8.18. The van der Waals surface area contributed by atoms with Crippen molar-refractivity contribution in [1.82, 2.24) is 10.2 Å². The largest absolute Gasteiger partial charge is 0.469 e. The van der Waals surface area contributed by atoms with Crippen LogP contribution in [0.25, 0.3) is 0 Å². The van der Waals surface area contributed by atoms with Gasteiger partial charge in [0, 0.05) is 13.1 Å². The van der Waals surface area contributed by atoms with Crippen molar-refractivity contribution in [3.05, 3.63) is 29.8 Å². The van der Waals surface area contributed by atoms with Gasteiger partial charge >= 0.3 is 12.0 Å². The molecule has 32 heavy (non-hydrogen) atoms. The minimum atomic E-state index is -0.502. The van der Waals surface area contributed by atoms with Crippen molar-refractivity contribution in [1.29, 1.82) is 0 Å². The van der Waals surface area contributed by atoms with E-state index < -0.39 is 5.41 Å². The Morgan fingerprint density at radius 2 is 1.78 bits per heavy atom. The number of urea groups is 1. The molecule has 1 saturated heterocycles. The summed E-state index contributed by atoms with van der Waals surface area (Å²) in [6.45, 7) is 3.20. The molecule has 172 valence electrons. The van der Waals surface area contributed by atoms with E-state index in [4.69, 9.17) is 4.74 Å². The predicted molar refractivity (Wildman–Crippen MR) is 120 cm³/mol. The van der Waals surface area contributed by atoms with Crippen molar-refractivity contribution < 1.29 is 19.1 Å². The van der Waals surface area contributed by atoms with Gasteiger partial charge in [0.15, 0.2) is 0 Å². The first-order valence-electron chi connectivity index (χ1n) is 12.0. The van der Waals surface area contributed by atoms with E-state index in [9.17, 15) is 14.4 Å². The van der Waals surface area contributed by atoms with E-state index in [-0.39, 0.29) is 23.3 Å². The second kappa shape index (κ2) is 8.18. The van der Waals surface area contributed by atoms with Crippen molar-refractivity contribution >= 4 is 23.6 Å². The van der Waals surface area contributed by atoms with Crippen LogP contribution in [0.2, 0.25) is 0 Å². The number of anilines is 1. The number of methoxy groups -OCH3 is 1. The zero-order valence-electron chi connectivity index (χ0n) is 18.9. The molecule has 0 radical (unpaired) electrons. The third-order valence-electron chi connectivity index (χ3n) is 8.18. The Labute approximate surface area is 189 Å². The standard InChI is InChI=1S/C25H33N3O4/c1-32-22(30)24(12-13-24)17-27-14-8-18(9-15-27)16-26-23(31)28-20-7-3-2-6-19(20)25(21(28)29)10-4-5-11-25/h2-3,6-7,18H,4-5,8-17H2,1H3,(H,26,31). The fourth-order valence-corrected chi connectivity index (χ4v) is 6.06. The summed E-state index contributed by atoms with van der Waals surface area (Å²) in [7, 11) is 1.47. The van der Waals surface area contributed by atoms with E-state index in [0.717, 1.165) is 82.3 Å².